The molecule has 4 N–H and O–H groups in total. The van der Waals surface area contributed by atoms with Gasteiger partial charge in [-0.05, 0) is 24.5 Å². The molecule has 0 bridgehead atoms. The normalized spacial score (nSPS) is 22.5. The fourth-order valence-electron chi connectivity index (χ4n) is 3.39. The van der Waals surface area contributed by atoms with Crippen LogP contribution in [0, 0.1) is 11.8 Å². The molecule has 10 nitrogen and oxygen atoms in total. The molecule has 0 spiro atoms. The highest BCUT2D eigenvalue weighted by Crippen LogP contribution is 2.32. The minimum absolute atomic E-state index is 0.164. The second-order valence-corrected chi connectivity index (χ2v) is 7.28. The van der Waals surface area contributed by atoms with Crippen molar-refractivity contribution in [2.24, 2.45) is 0 Å². The van der Waals surface area contributed by atoms with E-state index < -0.39 is 31.1 Å². The first-order valence-corrected chi connectivity index (χ1v) is 10.4. The first-order valence-electron chi connectivity index (χ1n) is 10.4. The summed E-state index contributed by atoms with van der Waals surface area (Å²) in [4.78, 5) is 13.3. The molecular weight excluding hydrogens is 414 g/mol. The van der Waals surface area contributed by atoms with Gasteiger partial charge in [-0.3, -0.25) is 4.57 Å². The van der Waals surface area contributed by atoms with Crippen LogP contribution in [-0.2, 0) is 4.74 Å². The molecule has 4 atom stereocenters. The summed E-state index contributed by atoms with van der Waals surface area (Å²) < 4.78 is 12.7. The van der Waals surface area contributed by atoms with E-state index in [4.69, 9.17) is 9.47 Å². The first kappa shape index (κ1) is 22.0. The van der Waals surface area contributed by atoms with Crippen LogP contribution in [0.3, 0.4) is 0 Å². The van der Waals surface area contributed by atoms with Gasteiger partial charge >= 0.3 is 0 Å². The zero-order chi connectivity index (χ0) is 22.5. The van der Waals surface area contributed by atoms with Gasteiger partial charge in [0.15, 0.2) is 23.2 Å². The molecule has 0 aliphatic carbocycles. The number of anilines is 1. The SMILES string of the molecule is CCCNc1nc(C#CCOc2ccccc2)nc2c1ncn2C1O[C@H](CO)C(O)[C@H]1O. The van der Waals surface area contributed by atoms with Crippen molar-refractivity contribution in [1.82, 2.24) is 19.5 Å². The molecule has 1 saturated heterocycles. The summed E-state index contributed by atoms with van der Waals surface area (Å²) in [5.74, 6) is 7.28. The van der Waals surface area contributed by atoms with Gasteiger partial charge in [0.1, 0.15) is 30.7 Å². The lowest BCUT2D eigenvalue weighted by molar-refractivity contribution is -0.0511. The van der Waals surface area contributed by atoms with Crippen molar-refractivity contribution in [3.05, 3.63) is 42.5 Å². The zero-order valence-corrected chi connectivity index (χ0v) is 17.5. The molecule has 10 heteroatoms. The number of nitrogens with one attached hydrogen (secondary N) is 1. The number of imidazole rings is 1. The van der Waals surface area contributed by atoms with E-state index in [1.54, 1.807) is 0 Å². The Hall–Kier alpha value is -3.23. The molecule has 168 valence electrons. The molecule has 1 aromatic carbocycles. The zero-order valence-electron chi connectivity index (χ0n) is 17.5. The Morgan fingerprint density at radius 3 is 2.72 bits per heavy atom. The van der Waals surface area contributed by atoms with Crippen molar-refractivity contribution < 1.29 is 24.8 Å². The molecule has 1 aliphatic rings. The fourth-order valence-corrected chi connectivity index (χ4v) is 3.39. The smallest absolute Gasteiger partial charge is 0.209 e. The third-order valence-corrected chi connectivity index (χ3v) is 5.01. The van der Waals surface area contributed by atoms with E-state index in [1.165, 1.54) is 10.9 Å². The van der Waals surface area contributed by atoms with Gasteiger partial charge in [0, 0.05) is 6.54 Å². The van der Waals surface area contributed by atoms with Crippen LogP contribution >= 0.6 is 0 Å². The standard InChI is InChI=1S/C22H25N5O5/c1-2-10-23-20-17-21(27(13-24-17)22-19(30)18(29)15(12-28)32-22)26-16(25-20)9-6-11-31-14-7-4-3-5-8-14/h3-5,7-8,13,15,18-19,22,28-30H,2,10-12H2,1H3,(H,23,25,26)/t15-,18?,19-,22?/m1/s1. The summed E-state index contributed by atoms with van der Waals surface area (Å²) in [6.07, 6.45) is -1.99. The summed E-state index contributed by atoms with van der Waals surface area (Å²) in [6, 6.07) is 9.35. The second kappa shape index (κ2) is 9.93. The Kier molecular flexibility index (Phi) is 6.82. The largest absolute Gasteiger partial charge is 0.481 e. The van der Waals surface area contributed by atoms with Crippen LogP contribution in [0.5, 0.6) is 5.75 Å². The lowest BCUT2D eigenvalue weighted by atomic mass is 10.1. The average molecular weight is 439 g/mol. The fraction of sp³-hybridized carbons (Fsp3) is 0.409. The maximum Gasteiger partial charge on any atom is 0.209 e. The molecule has 32 heavy (non-hydrogen) atoms. The van der Waals surface area contributed by atoms with Crippen LogP contribution in [0.25, 0.3) is 11.2 Å². The number of para-hydroxylation sites is 1. The number of hydrogen-bond acceptors (Lipinski definition) is 9. The van der Waals surface area contributed by atoms with Crippen LogP contribution < -0.4 is 10.1 Å². The van der Waals surface area contributed by atoms with Crippen molar-refractivity contribution in [3.8, 4) is 17.6 Å². The number of aliphatic hydroxyl groups is 3. The number of nitrogens with zero attached hydrogens (tertiary/aromatic N) is 4. The van der Waals surface area contributed by atoms with Gasteiger partial charge in [0.25, 0.3) is 0 Å². The number of aromatic nitrogens is 4. The minimum Gasteiger partial charge on any atom is -0.481 e. The maximum atomic E-state index is 10.4. The van der Waals surface area contributed by atoms with Crippen molar-refractivity contribution in [2.75, 3.05) is 25.1 Å². The average Bonchev–Trinajstić information content (AvgIpc) is 3.36. The number of aliphatic hydroxyl groups excluding tert-OH is 3. The highest BCUT2D eigenvalue weighted by molar-refractivity contribution is 5.83. The van der Waals surface area contributed by atoms with E-state index in [1.807, 2.05) is 37.3 Å². The van der Waals surface area contributed by atoms with Crippen LogP contribution in [0.4, 0.5) is 5.82 Å². The Balaban J connectivity index is 1.64. The highest BCUT2D eigenvalue weighted by atomic mass is 16.6. The Labute approximate surface area is 184 Å². The number of rotatable bonds is 7. The predicted molar refractivity (Wildman–Crippen MR) is 116 cm³/mol. The Bertz CT molecular complexity index is 1110. The van der Waals surface area contributed by atoms with E-state index in [0.717, 1.165) is 6.42 Å². The Morgan fingerprint density at radius 1 is 1.19 bits per heavy atom. The molecule has 0 saturated carbocycles. The second-order valence-electron chi connectivity index (χ2n) is 7.28. The Morgan fingerprint density at radius 2 is 2.00 bits per heavy atom. The van der Waals surface area contributed by atoms with Crippen LogP contribution in [0.1, 0.15) is 25.4 Å². The third kappa shape index (κ3) is 4.51. The van der Waals surface area contributed by atoms with Gasteiger partial charge in [0.05, 0.1) is 12.9 Å². The van der Waals surface area contributed by atoms with E-state index >= 15 is 0 Å². The van der Waals surface area contributed by atoms with Gasteiger partial charge in [0.2, 0.25) is 5.82 Å². The van der Waals surface area contributed by atoms with Gasteiger partial charge in [-0.2, -0.15) is 0 Å². The van der Waals surface area contributed by atoms with E-state index in [9.17, 15) is 15.3 Å². The number of benzene rings is 1. The molecular formula is C22H25N5O5. The number of hydrogen-bond donors (Lipinski definition) is 4. The summed E-state index contributed by atoms with van der Waals surface area (Å²) in [5.41, 5.74) is 0.879. The molecule has 3 aromatic rings. The first-order chi connectivity index (χ1) is 15.6. The quantitative estimate of drug-likeness (QED) is 0.392. The van der Waals surface area contributed by atoms with Crippen molar-refractivity contribution in [2.45, 2.75) is 37.9 Å². The lowest BCUT2D eigenvalue weighted by Gasteiger charge is -2.16. The monoisotopic (exact) mass is 439 g/mol. The topological polar surface area (TPSA) is 135 Å². The van der Waals surface area contributed by atoms with E-state index in [-0.39, 0.29) is 12.4 Å². The van der Waals surface area contributed by atoms with E-state index in [0.29, 0.717) is 29.3 Å². The van der Waals surface area contributed by atoms with Crippen LogP contribution in [0.15, 0.2) is 36.7 Å². The molecule has 1 aliphatic heterocycles. The molecule has 0 radical (unpaired) electrons. The highest BCUT2D eigenvalue weighted by Gasteiger charge is 2.44. The van der Waals surface area contributed by atoms with Gasteiger partial charge in [-0.25, -0.2) is 15.0 Å². The summed E-state index contributed by atoms with van der Waals surface area (Å²) in [5, 5.41) is 33.1. The summed E-state index contributed by atoms with van der Waals surface area (Å²) in [6.45, 7) is 2.45. The van der Waals surface area contributed by atoms with Crippen LogP contribution in [0.2, 0.25) is 0 Å². The number of fused-ring (bicyclic) bond motifs is 1. The number of ether oxygens (including phenoxy) is 2. The minimum atomic E-state index is -1.25. The van der Waals surface area contributed by atoms with Crippen molar-refractivity contribution in [3.63, 3.8) is 0 Å². The maximum absolute atomic E-state index is 10.4. The molecule has 2 unspecified atom stereocenters. The van der Waals surface area contributed by atoms with Crippen LogP contribution in [-0.4, -0.2) is 72.9 Å². The van der Waals surface area contributed by atoms with E-state index in [2.05, 4.69) is 32.1 Å². The summed E-state index contributed by atoms with van der Waals surface area (Å²) in [7, 11) is 0. The molecule has 2 aromatic heterocycles. The molecule has 3 heterocycles. The summed E-state index contributed by atoms with van der Waals surface area (Å²) >= 11 is 0. The molecule has 4 rings (SSSR count). The van der Waals surface area contributed by atoms with Gasteiger partial charge in [-0.15, -0.1) is 0 Å². The van der Waals surface area contributed by atoms with Gasteiger partial charge < -0.3 is 30.1 Å². The predicted octanol–water partition coefficient (Wildman–Crippen LogP) is 0.690. The lowest BCUT2D eigenvalue weighted by Crippen LogP contribution is -2.33. The van der Waals surface area contributed by atoms with Crippen molar-refractivity contribution in [1.29, 1.82) is 0 Å². The molecule has 0 amide bonds. The third-order valence-electron chi connectivity index (χ3n) is 5.01. The van der Waals surface area contributed by atoms with Crippen molar-refractivity contribution >= 4 is 17.0 Å². The van der Waals surface area contributed by atoms with Gasteiger partial charge in [-0.1, -0.05) is 31.0 Å². The molecule has 1 fully saturated rings.